The number of pyridine rings is 1. The van der Waals surface area contributed by atoms with Crippen molar-refractivity contribution in [2.75, 3.05) is 7.11 Å². The zero-order valence-electron chi connectivity index (χ0n) is 15.1. The third kappa shape index (κ3) is 4.23. The van der Waals surface area contributed by atoms with Gasteiger partial charge in [0.1, 0.15) is 6.54 Å². The highest BCUT2D eigenvalue weighted by molar-refractivity contribution is 5.89. The highest BCUT2D eigenvalue weighted by Crippen LogP contribution is 2.20. The second kappa shape index (κ2) is 7.86. The van der Waals surface area contributed by atoms with Gasteiger partial charge in [0.15, 0.2) is 0 Å². The fourth-order valence-electron chi connectivity index (χ4n) is 2.90. The zero-order chi connectivity index (χ0) is 19.4. The van der Waals surface area contributed by atoms with Gasteiger partial charge in [-0.2, -0.15) is 0 Å². The molecule has 3 aromatic rings. The Morgan fingerprint density at radius 1 is 1.07 bits per heavy atom. The summed E-state index contributed by atoms with van der Waals surface area (Å²) in [5.74, 6) is -0.881. The normalized spacial score (nSPS) is 11.8. The van der Waals surface area contributed by atoms with Crippen LogP contribution < -0.4 is 10.9 Å². The van der Waals surface area contributed by atoms with E-state index in [2.05, 4.69) is 10.1 Å². The molecule has 1 N–H and O–H groups in total. The molecule has 0 aliphatic rings. The zero-order valence-corrected chi connectivity index (χ0v) is 15.1. The molecule has 1 unspecified atom stereocenters. The van der Waals surface area contributed by atoms with Crippen LogP contribution >= 0.6 is 0 Å². The summed E-state index contributed by atoms with van der Waals surface area (Å²) in [4.78, 5) is 35.9. The van der Waals surface area contributed by atoms with E-state index in [1.807, 2.05) is 49.4 Å². The molecular weight excluding hydrogens is 344 g/mol. The van der Waals surface area contributed by atoms with Crippen molar-refractivity contribution < 1.29 is 14.3 Å². The lowest BCUT2D eigenvalue weighted by Gasteiger charge is -2.16. The van der Waals surface area contributed by atoms with E-state index in [1.165, 1.54) is 30.0 Å². The monoisotopic (exact) mass is 364 g/mol. The van der Waals surface area contributed by atoms with Crippen molar-refractivity contribution in [2.24, 2.45) is 0 Å². The van der Waals surface area contributed by atoms with E-state index in [9.17, 15) is 14.4 Å². The number of nitrogens with one attached hydrogen (secondary N) is 1. The van der Waals surface area contributed by atoms with Crippen LogP contribution in [0.2, 0.25) is 0 Å². The molecule has 1 amide bonds. The molecule has 0 aliphatic carbocycles. The van der Waals surface area contributed by atoms with Gasteiger partial charge in [-0.1, -0.05) is 36.4 Å². The van der Waals surface area contributed by atoms with Gasteiger partial charge < -0.3 is 14.6 Å². The number of methoxy groups -OCH3 is 1. The van der Waals surface area contributed by atoms with Crippen molar-refractivity contribution in [3.8, 4) is 0 Å². The van der Waals surface area contributed by atoms with Crippen molar-refractivity contribution >= 4 is 22.6 Å². The number of benzene rings is 2. The molecule has 0 saturated carbocycles. The van der Waals surface area contributed by atoms with Crippen molar-refractivity contribution in [1.29, 1.82) is 0 Å². The van der Waals surface area contributed by atoms with Crippen LogP contribution in [0.25, 0.3) is 10.8 Å². The summed E-state index contributed by atoms with van der Waals surface area (Å²) in [7, 11) is 1.26. The van der Waals surface area contributed by atoms with Gasteiger partial charge in [0.2, 0.25) is 5.91 Å². The van der Waals surface area contributed by atoms with Crippen LogP contribution in [0.1, 0.15) is 28.9 Å². The summed E-state index contributed by atoms with van der Waals surface area (Å²) >= 11 is 0. The minimum Gasteiger partial charge on any atom is -0.465 e. The first kappa shape index (κ1) is 18.4. The van der Waals surface area contributed by atoms with Crippen LogP contribution in [0.3, 0.4) is 0 Å². The summed E-state index contributed by atoms with van der Waals surface area (Å²) in [6.07, 6.45) is 1.33. The highest BCUT2D eigenvalue weighted by atomic mass is 16.5. The molecule has 27 heavy (non-hydrogen) atoms. The van der Waals surface area contributed by atoms with Crippen LogP contribution in [0.15, 0.2) is 65.6 Å². The van der Waals surface area contributed by atoms with Crippen LogP contribution in [-0.2, 0) is 16.1 Å². The predicted molar refractivity (Wildman–Crippen MR) is 103 cm³/mol. The highest BCUT2D eigenvalue weighted by Gasteiger charge is 2.13. The number of carbonyl (C=O) groups excluding carboxylic acids is 2. The average molecular weight is 364 g/mol. The Hall–Kier alpha value is -3.41. The summed E-state index contributed by atoms with van der Waals surface area (Å²) in [5, 5.41) is 5.11. The number of fused-ring (bicyclic) bond motifs is 1. The van der Waals surface area contributed by atoms with Gasteiger partial charge in [-0.25, -0.2) is 4.79 Å². The van der Waals surface area contributed by atoms with Crippen LogP contribution in [0.5, 0.6) is 0 Å². The summed E-state index contributed by atoms with van der Waals surface area (Å²) < 4.78 is 5.83. The Balaban J connectivity index is 1.73. The van der Waals surface area contributed by atoms with Crippen molar-refractivity contribution in [2.45, 2.75) is 19.5 Å². The summed E-state index contributed by atoms with van der Waals surface area (Å²) in [5.41, 5.74) is 0.821. The molecule has 0 spiro atoms. The van der Waals surface area contributed by atoms with Crippen LogP contribution in [-0.4, -0.2) is 23.6 Å². The first-order chi connectivity index (χ1) is 13.0. The topological polar surface area (TPSA) is 77.4 Å². The van der Waals surface area contributed by atoms with E-state index in [0.29, 0.717) is 0 Å². The number of rotatable bonds is 5. The number of nitrogens with zero attached hydrogens (tertiary/aromatic N) is 1. The fourth-order valence-corrected chi connectivity index (χ4v) is 2.90. The minimum atomic E-state index is -0.561. The van der Waals surface area contributed by atoms with Gasteiger partial charge in [0, 0.05) is 12.3 Å². The molecule has 138 valence electrons. The van der Waals surface area contributed by atoms with Gasteiger partial charge in [-0.3, -0.25) is 9.59 Å². The molecule has 1 atom stereocenters. The van der Waals surface area contributed by atoms with E-state index in [4.69, 9.17) is 0 Å². The first-order valence-electron chi connectivity index (χ1n) is 8.55. The third-order valence-corrected chi connectivity index (χ3v) is 4.37. The van der Waals surface area contributed by atoms with E-state index < -0.39 is 5.97 Å². The lowest BCUT2D eigenvalue weighted by atomic mass is 10.0. The number of carbonyl (C=O) groups is 2. The maximum absolute atomic E-state index is 12.4. The number of hydrogen-bond acceptors (Lipinski definition) is 4. The maximum atomic E-state index is 12.4. The van der Waals surface area contributed by atoms with Crippen molar-refractivity contribution in [3.05, 3.63) is 82.3 Å². The number of esters is 1. The number of amides is 1. The molecule has 1 aromatic heterocycles. The van der Waals surface area contributed by atoms with E-state index in [-0.39, 0.29) is 29.6 Å². The predicted octanol–water partition coefficient (Wildman–Crippen LogP) is 2.67. The number of ether oxygens (including phenoxy) is 1. The van der Waals surface area contributed by atoms with Crippen molar-refractivity contribution in [1.82, 2.24) is 9.88 Å². The molecule has 1 heterocycles. The largest absolute Gasteiger partial charge is 0.465 e. The number of hydrogen-bond donors (Lipinski definition) is 1. The maximum Gasteiger partial charge on any atom is 0.339 e. The smallest absolute Gasteiger partial charge is 0.339 e. The molecule has 3 rings (SSSR count). The molecule has 6 heteroatoms. The Morgan fingerprint density at radius 3 is 2.56 bits per heavy atom. The molecule has 0 aliphatic heterocycles. The molecule has 2 aromatic carbocycles. The van der Waals surface area contributed by atoms with Crippen LogP contribution in [0.4, 0.5) is 0 Å². The average Bonchev–Trinajstić information content (AvgIpc) is 2.68. The first-order valence-corrected chi connectivity index (χ1v) is 8.55. The second-order valence-electron chi connectivity index (χ2n) is 6.27. The van der Waals surface area contributed by atoms with E-state index in [0.717, 1.165) is 16.3 Å². The van der Waals surface area contributed by atoms with E-state index >= 15 is 0 Å². The van der Waals surface area contributed by atoms with Gasteiger partial charge in [-0.05, 0) is 35.4 Å². The molecule has 0 radical (unpaired) electrons. The van der Waals surface area contributed by atoms with Gasteiger partial charge >= 0.3 is 5.97 Å². The van der Waals surface area contributed by atoms with E-state index in [1.54, 1.807) is 0 Å². The van der Waals surface area contributed by atoms with Gasteiger partial charge in [0.25, 0.3) is 5.56 Å². The number of aromatic nitrogens is 1. The molecular formula is C21H20N2O4. The van der Waals surface area contributed by atoms with Gasteiger partial charge in [-0.15, -0.1) is 0 Å². The third-order valence-electron chi connectivity index (χ3n) is 4.37. The Bertz CT molecular complexity index is 1060. The molecule has 0 saturated heterocycles. The lowest BCUT2D eigenvalue weighted by Crippen LogP contribution is -2.33. The Labute approximate surface area is 156 Å². The standard InChI is InChI=1S/C21H20N2O4/c1-14(16-8-7-15-5-3-4-6-17(15)11-16)22-19(24)13-23-12-18(21(26)27-2)9-10-20(23)25/h3-12,14H,13H2,1-2H3,(H,22,24). The minimum absolute atomic E-state index is 0.179. The summed E-state index contributed by atoms with van der Waals surface area (Å²) in [6.45, 7) is 1.71. The Kier molecular flexibility index (Phi) is 5.35. The van der Waals surface area contributed by atoms with Crippen LogP contribution in [0, 0.1) is 0 Å². The molecule has 0 bridgehead atoms. The molecule has 0 fully saturated rings. The van der Waals surface area contributed by atoms with Gasteiger partial charge in [0.05, 0.1) is 18.7 Å². The Morgan fingerprint density at radius 2 is 1.81 bits per heavy atom. The second-order valence-corrected chi connectivity index (χ2v) is 6.27. The lowest BCUT2D eigenvalue weighted by molar-refractivity contribution is -0.122. The molecule has 6 nitrogen and oxygen atoms in total. The fraction of sp³-hybridized carbons (Fsp3) is 0.190. The van der Waals surface area contributed by atoms with Crippen molar-refractivity contribution in [3.63, 3.8) is 0 Å². The quantitative estimate of drug-likeness (QED) is 0.706. The summed E-state index contributed by atoms with van der Waals surface area (Å²) in [6, 6.07) is 16.4. The SMILES string of the molecule is COC(=O)c1ccc(=O)n(CC(=O)NC(C)c2ccc3ccccc3c2)c1.